The van der Waals surface area contributed by atoms with Crippen molar-refractivity contribution >= 4 is 15.7 Å². The Morgan fingerprint density at radius 3 is 2.31 bits per heavy atom. The van der Waals surface area contributed by atoms with E-state index in [1.54, 1.807) is 11.4 Å². The summed E-state index contributed by atoms with van der Waals surface area (Å²) in [4.78, 5) is 12.7. The van der Waals surface area contributed by atoms with Crippen molar-refractivity contribution in [3.05, 3.63) is 35.1 Å². The van der Waals surface area contributed by atoms with Crippen molar-refractivity contribution in [3.8, 4) is 6.07 Å². The summed E-state index contributed by atoms with van der Waals surface area (Å²) in [7, 11) is -4.00. The van der Waals surface area contributed by atoms with Crippen LogP contribution in [0.3, 0.4) is 0 Å². The lowest BCUT2D eigenvalue weighted by Gasteiger charge is -2.28. The number of hydrogen-bond acceptors (Lipinski definition) is 5. The lowest BCUT2D eigenvalue weighted by atomic mass is 10.0. The first-order valence-electron chi connectivity index (χ1n) is 9.67. The topological polar surface area (TPSA) is 99.1 Å². The number of alkyl halides is 3. The number of carbonyl (C=O) groups is 1. The maximum Gasteiger partial charge on any atom is 0.408 e. The van der Waals surface area contributed by atoms with Crippen LogP contribution in [0.1, 0.15) is 37.3 Å². The van der Waals surface area contributed by atoms with Crippen LogP contribution in [0.25, 0.3) is 0 Å². The lowest BCUT2D eigenvalue weighted by molar-refractivity contribution is -0.161. The first-order chi connectivity index (χ1) is 14.8. The van der Waals surface area contributed by atoms with E-state index >= 15 is 0 Å². The number of nitriles is 1. The van der Waals surface area contributed by atoms with Crippen molar-refractivity contribution < 1.29 is 39.6 Å². The van der Waals surface area contributed by atoms with Gasteiger partial charge in [0.05, 0.1) is 17.6 Å². The largest absolute Gasteiger partial charge is 0.408 e. The number of rotatable bonds is 9. The van der Waals surface area contributed by atoms with Gasteiger partial charge in [-0.3, -0.25) is 10.1 Å². The monoisotopic (exact) mass is 483 g/mol. The molecule has 2 fully saturated rings. The fourth-order valence-corrected chi connectivity index (χ4v) is 5.15. The highest BCUT2D eigenvalue weighted by atomic mass is 32.2. The third-order valence-corrected chi connectivity index (χ3v) is 7.14. The van der Waals surface area contributed by atoms with Gasteiger partial charge < -0.3 is 5.32 Å². The Morgan fingerprint density at radius 1 is 1.19 bits per heavy atom. The van der Waals surface area contributed by atoms with Gasteiger partial charge in [0.15, 0.2) is 27.3 Å². The summed E-state index contributed by atoms with van der Waals surface area (Å²) >= 11 is 0. The van der Waals surface area contributed by atoms with Crippen LogP contribution in [0.5, 0.6) is 0 Å². The zero-order chi connectivity index (χ0) is 23.9. The predicted molar refractivity (Wildman–Crippen MR) is 99.1 cm³/mol. The van der Waals surface area contributed by atoms with E-state index < -0.39 is 68.3 Å². The number of carbonyl (C=O) groups excluding carboxylic acids is 1. The highest BCUT2D eigenvalue weighted by Crippen LogP contribution is 2.37. The fourth-order valence-electron chi connectivity index (χ4n) is 3.20. The summed E-state index contributed by atoms with van der Waals surface area (Å²) < 4.78 is 107. The molecule has 0 heterocycles. The molecule has 2 aliphatic rings. The molecule has 1 aromatic carbocycles. The number of nitrogens with one attached hydrogen (secondary N) is 2. The molecule has 6 nitrogen and oxygen atoms in total. The molecular weight excluding hydrogens is 464 g/mol. The summed E-state index contributed by atoms with van der Waals surface area (Å²) in [6, 6.07) is -2.58. The zero-order valence-electron chi connectivity index (χ0n) is 16.5. The fraction of sp³-hybridized carbons (Fsp3) is 0.579. The van der Waals surface area contributed by atoms with Crippen LogP contribution in [-0.4, -0.2) is 43.6 Å². The van der Waals surface area contributed by atoms with Gasteiger partial charge in [0.2, 0.25) is 5.91 Å². The van der Waals surface area contributed by atoms with Crippen molar-refractivity contribution in [2.45, 2.75) is 49.5 Å². The first kappa shape index (κ1) is 24.3. The van der Waals surface area contributed by atoms with Crippen LogP contribution in [0.2, 0.25) is 0 Å². The first-order valence-corrected chi connectivity index (χ1v) is 11.5. The zero-order valence-corrected chi connectivity index (χ0v) is 17.3. The molecule has 2 atom stereocenters. The molecule has 0 saturated heterocycles. The normalized spacial score (nSPS) is 19.7. The van der Waals surface area contributed by atoms with E-state index in [1.807, 2.05) is 0 Å². The van der Waals surface area contributed by atoms with Gasteiger partial charge in [-0.1, -0.05) is 6.07 Å². The molecule has 176 valence electrons. The van der Waals surface area contributed by atoms with Crippen molar-refractivity contribution in [1.29, 1.82) is 5.26 Å². The number of sulfone groups is 1. The Hall–Kier alpha value is -2.33. The van der Waals surface area contributed by atoms with Crippen LogP contribution < -0.4 is 10.6 Å². The molecule has 2 saturated carbocycles. The van der Waals surface area contributed by atoms with E-state index in [-0.39, 0.29) is 24.5 Å². The van der Waals surface area contributed by atoms with Crippen LogP contribution in [0.4, 0.5) is 26.3 Å². The van der Waals surface area contributed by atoms with Gasteiger partial charge in [0.25, 0.3) is 0 Å². The van der Waals surface area contributed by atoms with Gasteiger partial charge >= 0.3 is 6.18 Å². The molecule has 0 radical (unpaired) electrons. The standard InChI is InChI=1S/C19H19F6N3O3S/c20-12-4-3-11(14(21)15(12)22)16(19(23,24)25)27-13(8-32(30,31)7-10-1-2-10)17(29)28-18(9-26)5-6-18/h3-4,10,13,16,27H,1-2,5-8H2,(H,28,29)/t13-,16-/m0/s1. The highest BCUT2D eigenvalue weighted by molar-refractivity contribution is 7.91. The maximum atomic E-state index is 14.1. The summed E-state index contributed by atoms with van der Waals surface area (Å²) in [5.74, 6) is -8.69. The van der Waals surface area contributed by atoms with E-state index in [0.29, 0.717) is 25.0 Å². The predicted octanol–water partition coefficient (Wildman–Crippen LogP) is 2.66. The van der Waals surface area contributed by atoms with Crippen LogP contribution in [0, 0.1) is 34.7 Å². The third kappa shape index (κ3) is 5.72. The summed E-state index contributed by atoms with van der Waals surface area (Å²) in [6.45, 7) is 0. The lowest BCUT2D eigenvalue weighted by Crippen LogP contribution is -2.54. The van der Waals surface area contributed by atoms with E-state index in [0.717, 1.165) is 0 Å². The minimum Gasteiger partial charge on any atom is -0.336 e. The molecule has 0 aliphatic heterocycles. The SMILES string of the molecule is N#CC1(NC(=O)[C@H](CS(=O)(=O)CC2CC2)N[C@@H](c2ccc(F)c(F)c2F)C(F)(F)F)CC1. The molecule has 0 bridgehead atoms. The molecule has 3 rings (SSSR count). The molecule has 13 heteroatoms. The van der Waals surface area contributed by atoms with Crippen molar-refractivity contribution in [2.75, 3.05) is 11.5 Å². The number of hydrogen-bond donors (Lipinski definition) is 2. The quantitative estimate of drug-likeness (QED) is 0.416. The highest BCUT2D eigenvalue weighted by Gasteiger charge is 2.49. The van der Waals surface area contributed by atoms with Gasteiger partial charge in [-0.15, -0.1) is 0 Å². The maximum absolute atomic E-state index is 14.1. The van der Waals surface area contributed by atoms with Gasteiger partial charge in [-0.2, -0.15) is 18.4 Å². The van der Waals surface area contributed by atoms with Gasteiger partial charge in [-0.25, -0.2) is 21.6 Å². The smallest absolute Gasteiger partial charge is 0.336 e. The third-order valence-electron chi connectivity index (χ3n) is 5.32. The number of nitrogens with zero attached hydrogens (tertiary/aromatic N) is 1. The Morgan fingerprint density at radius 2 is 1.81 bits per heavy atom. The Bertz CT molecular complexity index is 1050. The minimum absolute atomic E-state index is 0.153. The summed E-state index contributed by atoms with van der Waals surface area (Å²) in [6.07, 6.45) is -3.57. The van der Waals surface area contributed by atoms with Crippen molar-refractivity contribution in [2.24, 2.45) is 5.92 Å². The number of benzene rings is 1. The van der Waals surface area contributed by atoms with E-state index in [1.165, 1.54) is 0 Å². The molecule has 0 aromatic heterocycles. The van der Waals surface area contributed by atoms with Gasteiger partial charge in [0.1, 0.15) is 17.6 Å². The molecule has 32 heavy (non-hydrogen) atoms. The second-order valence-corrected chi connectivity index (χ2v) is 10.3. The molecule has 0 spiro atoms. The number of halogens is 6. The summed E-state index contributed by atoms with van der Waals surface area (Å²) in [5, 5.41) is 13.1. The molecule has 2 N–H and O–H groups in total. The van der Waals surface area contributed by atoms with Gasteiger partial charge in [-0.05, 0) is 37.7 Å². The molecule has 0 unspecified atom stereocenters. The Balaban J connectivity index is 1.93. The second kappa shape index (κ2) is 8.55. The van der Waals surface area contributed by atoms with E-state index in [4.69, 9.17) is 5.26 Å². The van der Waals surface area contributed by atoms with Crippen LogP contribution in [-0.2, 0) is 14.6 Å². The number of amides is 1. The van der Waals surface area contributed by atoms with Crippen LogP contribution in [0.15, 0.2) is 12.1 Å². The Labute approximate surface area is 179 Å². The molecular formula is C19H19F6N3O3S. The molecule has 2 aliphatic carbocycles. The minimum atomic E-state index is -5.30. The summed E-state index contributed by atoms with van der Waals surface area (Å²) in [5.41, 5.74) is -2.65. The van der Waals surface area contributed by atoms with Gasteiger partial charge in [0, 0.05) is 5.56 Å². The molecule has 1 aromatic rings. The second-order valence-electron chi connectivity index (χ2n) is 8.16. The van der Waals surface area contributed by atoms with E-state index in [9.17, 15) is 39.6 Å². The van der Waals surface area contributed by atoms with E-state index in [2.05, 4.69) is 5.32 Å². The Kier molecular flexibility index (Phi) is 6.50. The van der Waals surface area contributed by atoms with Crippen molar-refractivity contribution in [1.82, 2.24) is 10.6 Å². The van der Waals surface area contributed by atoms with Crippen molar-refractivity contribution in [3.63, 3.8) is 0 Å². The molecule has 1 amide bonds. The average molecular weight is 483 g/mol. The van der Waals surface area contributed by atoms with Crippen LogP contribution >= 0.6 is 0 Å². The average Bonchev–Trinajstić information content (AvgIpc) is 3.61.